The van der Waals surface area contributed by atoms with E-state index in [-0.39, 0.29) is 17.9 Å². The average molecular weight is 380 g/mol. The summed E-state index contributed by atoms with van der Waals surface area (Å²) in [7, 11) is 0. The normalized spacial score (nSPS) is 20.2. The molecule has 2 fully saturated rings. The molecular formula is C19H29N3O3S. The zero-order chi connectivity index (χ0) is 18.4. The minimum Gasteiger partial charge on any atom is -0.378 e. The Labute approximate surface area is 159 Å². The van der Waals surface area contributed by atoms with Gasteiger partial charge in [0.05, 0.1) is 19.3 Å². The van der Waals surface area contributed by atoms with Crippen molar-refractivity contribution in [2.75, 3.05) is 52.5 Å². The van der Waals surface area contributed by atoms with Gasteiger partial charge in [-0.05, 0) is 31.2 Å². The van der Waals surface area contributed by atoms with Crippen LogP contribution in [0.1, 0.15) is 24.6 Å². The second kappa shape index (κ2) is 9.48. The van der Waals surface area contributed by atoms with Crippen LogP contribution >= 0.6 is 11.3 Å². The van der Waals surface area contributed by atoms with Crippen LogP contribution in [0.3, 0.4) is 0 Å². The first kappa shape index (κ1) is 19.3. The predicted octanol–water partition coefficient (Wildman–Crippen LogP) is 1.46. The van der Waals surface area contributed by atoms with Crippen LogP contribution < -0.4 is 0 Å². The fraction of sp³-hybridized carbons (Fsp3) is 0.684. The van der Waals surface area contributed by atoms with E-state index in [0.717, 1.165) is 39.0 Å². The minimum atomic E-state index is -0.121. The van der Waals surface area contributed by atoms with Crippen molar-refractivity contribution in [2.24, 2.45) is 0 Å². The van der Waals surface area contributed by atoms with E-state index in [1.54, 1.807) is 11.3 Å². The molecule has 0 spiro atoms. The van der Waals surface area contributed by atoms with E-state index >= 15 is 0 Å². The molecule has 1 atom stereocenters. The maximum atomic E-state index is 12.6. The Morgan fingerprint density at radius 3 is 2.50 bits per heavy atom. The minimum absolute atomic E-state index is 0.121. The van der Waals surface area contributed by atoms with Crippen LogP contribution in [0.15, 0.2) is 17.5 Å². The summed E-state index contributed by atoms with van der Waals surface area (Å²) in [6.45, 7) is 7.60. The van der Waals surface area contributed by atoms with Gasteiger partial charge in [-0.3, -0.25) is 14.5 Å². The molecule has 1 aromatic heterocycles. The lowest BCUT2D eigenvalue weighted by Crippen LogP contribution is -2.56. The van der Waals surface area contributed by atoms with Crippen LogP contribution in [0.2, 0.25) is 0 Å². The van der Waals surface area contributed by atoms with Crippen molar-refractivity contribution in [1.29, 1.82) is 0 Å². The van der Waals surface area contributed by atoms with Gasteiger partial charge in [-0.2, -0.15) is 0 Å². The van der Waals surface area contributed by atoms with Crippen molar-refractivity contribution in [2.45, 2.75) is 32.2 Å². The number of amides is 2. The summed E-state index contributed by atoms with van der Waals surface area (Å²) >= 11 is 1.75. The highest BCUT2D eigenvalue weighted by atomic mass is 32.1. The monoisotopic (exact) mass is 379 g/mol. The standard InChI is InChI=1S/C19H29N3O3S/c1-16(19(24)22-11-13-25-14-12-22)20-7-9-21(10-8-20)18(23)6-2-4-17-5-3-15-26-17/h3,5,15-16H,2,4,6-14H2,1H3. The first-order valence-electron chi connectivity index (χ1n) is 9.56. The fourth-order valence-electron chi connectivity index (χ4n) is 3.59. The molecule has 0 radical (unpaired) electrons. The third-order valence-corrected chi connectivity index (χ3v) is 6.22. The maximum Gasteiger partial charge on any atom is 0.239 e. The quantitative estimate of drug-likeness (QED) is 0.751. The average Bonchev–Trinajstić information content (AvgIpc) is 3.21. The molecule has 3 rings (SSSR count). The summed E-state index contributed by atoms with van der Waals surface area (Å²) in [5.41, 5.74) is 0. The predicted molar refractivity (Wildman–Crippen MR) is 102 cm³/mol. The number of morpholine rings is 1. The van der Waals surface area contributed by atoms with Crippen molar-refractivity contribution in [3.05, 3.63) is 22.4 Å². The number of thiophene rings is 1. The van der Waals surface area contributed by atoms with E-state index in [1.165, 1.54) is 4.88 Å². The molecule has 2 aliphatic heterocycles. The summed E-state index contributed by atoms with van der Waals surface area (Å²) in [6, 6.07) is 4.06. The van der Waals surface area contributed by atoms with Crippen molar-refractivity contribution in [3.8, 4) is 0 Å². The Kier molecular flexibility index (Phi) is 7.05. The summed E-state index contributed by atoms with van der Waals surface area (Å²) in [5.74, 6) is 0.428. The molecule has 0 N–H and O–H groups in total. The number of piperazine rings is 1. The van der Waals surface area contributed by atoms with Crippen LogP contribution in [-0.4, -0.2) is 85.0 Å². The fourth-order valence-corrected chi connectivity index (χ4v) is 4.34. The molecule has 0 saturated carbocycles. The molecular weight excluding hydrogens is 350 g/mol. The van der Waals surface area contributed by atoms with Gasteiger partial charge >= 0.3 is 0 Å². The van der Waals surface area contributed by atoms with Crippen LogP contribution in [0.5, 0.6) is 0 Å². The number of carbonyl (C=O) groups is 2. The molecule has 1 unspecified atom stereocenters. The Morgan fingerprint density at radius 1 is 1.12 bits per heavy atom. The molecule has 3 heterocycles. The van der Waals surface area contributed by atoms with Gasteiger partial charge in [-0.25, -0.2) is 0 Å². The number of nitrogens with zero attached hydrogens (tertiary/aromatic N) is 3. The second-order valence-corrected chi connectivity index (χ2v) is 8.00. The van der Waals surface area contributed by atoms with Gasteiger partial charge in [-0.1, -0.05) is 6.07 Å². The Hall–Kier alpha value is -1.44. The summed E-state index contributed by atoms with van der Waals surface area (Å²) in [5, 5.41) is 2.08. The van der Waals surface area contributed by atoms with E-state index in [9.17, 15) is 9.59 Å². The van der Waals surface area contributed by atoms with E-state index in [1.807, 2.05) is 16.7 Å². The van der Waals surface area contributed by atoms with Gasteiger partial charge in [-0.15, -0.1) is 11.3 Å². The van der Waals surface area contributed by atoms with Gasteiger partial charge in [0.2, 0.25) is 11.8 Å². The zero-order valence-electron chi connectivity index (χ0n) is 15.6. The van der Waals surface area contributed by atoms with E-state index in [2.05, 4.69) is 22.4 Å². The molecule has 0 bridgehead atoms. The molecule has 1 aromatic rings. The number of hydrogen-bond donors (Lipinski definition) is 0. The molecule has 2 amide bonds. The number of hydrogen-bond acceptors (Lipinski definition) is 5. The molecule has 0 aromatic carbocycles. The number of rotatable bonds is 6. The highest BCUT2D eigenvalue weighted by molar-refractivity contribution is 7.09. The third-order valence-electron chi connectivity index (χ3n) is 5.29. The number of carbonyl (C=O) groups excluding carboxylic acids is 2. The summed E-state index contributed by atoms with van der Waals surface area (Å²) in [6.07, 6.45) is 2.50. The van der Waals surface area contributed by atoms with Crippen LogP contribution in [0.25, 0.3) is 0 Å². The lowest BCUT2D eigenvalue weighted by molar-refractivity contribution is -0.142. The van der Waals surface area contributed by atoms with E-state index < -0.39 is 0 Å². The van der Waals surface area contributed by atoms with E-state index in [0.29, 0.717) is 32.7 Å². The molecule has 2 saturated heterocycles. The van der Waals surface area contributed by atoms with Crippen LogP contribution in [0, 0.1) is 0 Å². The number of ether oxygens (including phenoxy) is 1. The molecule has 7 heteroatoms. The maximum absolute atomic E-state index is 12.6. The van der Waals surface area contributed by atoms with Crippen molar-refractivity contribution in [1.82, 2.24) is 14.7 Å². The van der Waals surface area contributed by atoms with Gasteiger partial charge in [0, 0.05) is 50.6 Å². The highest BCUT2D eigenvalue weighted by Gasteiger charge is 2.30. The topological polar surface area (TPSA) is 53.1 Å². The van der Waals surface area contributed by atoms with Crippen LogP contribution in [0.4, 0.5) is 0 Å². The Bertz CT molecular complexity index is 579. The van der Waals surface area contributed by atoms with Crippen molar-refractivity contribution < 1.29 is 14.3 Å². The Morgan fingerprint density at radius 2 is 1.85 bits per heavy atom. The first-order chi connectivity index (χ1) is 12.6. The molecule has 144 valence electrons. The molecule has 2 aliphatic rings. The first-order valence-corrected chi connectivity index (χ1v) is 10.4. The zero-order valence-corrected chi connectivity index (χ0v) is 16.4. The lowest BCUT2D eigenvalue weighted by Gasteiger charge is -2.39. The lowest BCUT2D eigenvalue weighted by atomic mass is 10.1. The second-order valence-electron chi connectivity index (χ2n) is 6.96. The third kappa shape index (κ3) is 5.05. The molecule has 6 nitrogen and oxygen atoms in total. The largest absolute Gasteiger partial charge is 0.378 e. The molecule has 0 aliphatic carbocycles. The molecule has 26 heavy (non-hydrogen) atoms. The van der Waals surface area contributed by atoms with Gasteiger partial charge in [0.15, 0.2) is 0 Å². The van der Waals surface area contributed by atoms with Gasteiger partial charge in [0.1, 0.15) is 0 Å². The SMILES string of the molecule is CC(C(=O)N1CCOCC1)N1CCN(C(=O)CCCc2cccs2)CC1. The van der Waals surface area contributed by atoms with Gasteiger partial charge in [0.25, 0.3) is 0 Å². The summed E-state index contributed by atoms with van der Waals surface area (Å²) in [4.78, 5) is 32.4. The van der Waals surface area contributed by atoms with Crippen LogP contribution in [-0.2, 0) is 20.7 Å². The van der Waals surface area contributed by atoms with Gasteiger partial charge < -0.3 is 14.5 Å². The Balaban J connectivity index is 1.38. The van der Waals surface area contributed by atoms with Crippen molar-refractivity contribution >= 4 is 23.2 Å². The summed E-state index contributed by atoms with van der Waals surface area (Å²) < 4.78 is 5.32. The highest BCUT2D eigenvalue weighted by Crippen LogP contribution is 2.14. The van der Waals surface area contributed by atoms with Crippen molar-refractivity contribution in [3.63, 3.8) is 0 Å². The smallest absolute Gasteiger partial charge is 0.239 e. The van der Waals surface area contributed by atoms with E-state index in [4.69, 9.17) is 4.74 Å². The number of aryl methyl sites for hydroxylation is 1.